The summed E-state index contributed by atoms with van der Waals surface area (Å²) in [6.45, 7) is 1.62. The van der Waals surface area contributed by atoms with Gasteiger partial charge in [-0.05, 0) is 61.4 Å². The molecule has 1 saturated heterocycles. The van der Waals surface area contributed by atoms with E-state index < -0.39 is 34.5 Å². The van der Waals surface area contributed by atoms with Crippen LogP contribution in [-0.4, -0.2) is 65.6 Å². The number of sulfonamides is 1. The lowest BCUT2D eigenvalue weighted by Crippen LogP contribution is -2.49. The topological polar surface area (TPSA) is 169 Å². The van der Waals surface area contributed by atoms with Crippen LogP contribution in [0.25, 0.3) is 11.2 Å². The molecular weight excluding hydrogens is 534 g/mol. The molecule has 0 bridgehead atoms. The summed E-state index contributed by atoms with van der Waals surface area (Å²) in [5.41, 5.74) is 2.80. The van der Waals surface area contributed by atoms with Gasteiger partial charge in [0, 0.05) is 36.6 Å². The lowest BCUT2D eigenvalue weighted by Gasteiger charge is -2.34. The van der Waals surface area contributed by atoms with Crippen molar-refractivity contribution in [3.05, 3.63) is 78.5 Å². The van der Waals surface area contributed by atoms with E-state index in [0.29, 0.717) is 11.6 Å². The van der Waals surface area contributed by atoms with Crippen molar-refractivity contribution in [1.29, 1.82) is 0 Å². The zero-order valence-corrected chi connectivity index (χ0v) is 22.3. The van der Waals surface area contributed by atoms with Gasteiger partial charge in [-0.3, -0.25) is 9.59 Å². The third-order valence-corrected chi connectivity index (χ3v) is 8.11. The van der Waals surface area contributed by atoms with Crippen LogP contribution in [0.2, 0.25) is 0 Å². The molecular formula is C27H29N7O5S. The number of nitrogens with one attached hydrogen (secondary N) is 4. The number of hydrogen-bond donors (Lipinski definition) is 5. The van der Waals surface area contributed by atoms with Gasteiger partial charge in [-0.25, -0.2) is 13.4 Å². The van der Waals surface area contributed by atoms with Crippen molar-refractivity contribution in [2.45, 2.75) is 36.4 Å². The van der Waals surface area contributed by atoms with E-state index in [9.17, 15) is 23.1 Å². The minimum absolute atomic E-state index is 0.0300. The van der Waals surface area contributed by atoms with Gasteiger partial charge in [0.25, 0.3) is 5.91 Å². The largest absolute Gasteiger partial charge is 0.481 e. The number of nitrogens with zero attached hydrogens (tertiary/aromatic N) is 3. The Labute approximate surface area is 230 Å². The van der Waals surface area contributed by atoms with Crippen molar-refractivity contribution in [1.82, 2.24) is 25.0 Å². The lowest BCUT2D eigenvalue weighted by atomic mass is 10.0. The van der Waals surface area contributed by atoms with Gasteiger partial charge >= 0.3 is 5.97 Å². The second-order valence-electron chi connectivity index (χ2n) is 9.47. The van der Waals surface area contributed by atoms with Crippen molar-refractivity contribution < 1.29 is 23.1 Å². The molecule has 5 N–H and O–H groups in total. The summed E-state index contributed by atoms with van der Waals surface area (Å²) in [7, 11) is -4.03. The number of carbonyl (C=O) groups excluding carboxylic acids is 1. The summed E-state index contributed by atoms with van der Waals surface area (Å²) >= 11 is 0. The molecule has 208 valence electrons. The molecule has 40 heavy (non-hydrogen) atoms. The highest BCUT2D eigenvalue weighted by molar-refractivity contribution is 7.89. The number of carboxylic acid groups (broad SMARTS) is 1. The second kappa shape index (κ2) is 11.7. The minimum Gasteiger partial charge on any atom is -0.481 e. The smallest absolute Gasteiger partial charge is 0.306 e. The molecule has 0 saturated carbocycles. The number of amides is 1. The van der Waals surface area contributed by atoms with Crippen molar-refractivity contribution in [3.63, 3.8) is 0 Å². The summed E-state index contributed by atoms with van der Waals surface area (Å²) in [6, 6.07) is 18.5. The highest BCUT2D eigenvalue weighted by Gasteiger charge is 2.25. The highest BCUT2D eigenvalue weighted by atomic mass is 32.2. The van der Waals surface area contributed by atoms with Gasteiger partial charge in [0.05, 0.1) is 16.8 Å². The highest BCUT2D eigenvalue weighted by Crippen LogP contribution is 2.23. The van der Waals surface area contributed by atoms with Crippen molar-refractivity contribution in [2.24, 2.45) is 0 Å². The molecule has 12 nitrogen and oxygen atoms in total. The lowest BCUT2D eigenvalue weighted by molar-refractivity contribution is -0.137. The minimum atomic E-state index is -4.03. The molecule has 1 fully saturated rings. The van der Waals surface area contributed by atoms with Gasteiger partial charge in [-0.1, -0.05) is 18.2 Å². The predicted molar refractivity (Wildman–Crippen MR) is 149 cm³/mol. The zero-order chi connectivity index (χ0) is 28.1. The fraction of sp³-hybridized carbons (Fsp3) is 0.259. The maximum Gasteiger partial charge on any atom is 0.306 e. The third kappa shape index (κ3) is 6.55. The molecule has 2 aromatic heterocycles. The summed E-state index contributed by atoms with van der Waals surface area (Å²) in [6.07, 6.45) is 1.55. The van der Waals surface area contributed by atoms with Crippen LogP contribution in [0.1, 0.15) is 29.6 Å². The summed E-state index contributed by atoms with van der Waals surface area (Å²) in [5, 5.41) is 15.2. The van der Waals surface area contributed by atoms with Crippen molar-refractivity contribution in [2.75, 3.05) is 23.3 Å². The average Bonchev–Trinajstić information content (AvgIpc) is 3.36. The molecule has 1 aliphatic rings. The molecule has 0 radical (unpaired) electrons. The van der Waals surface area contributed by atoms with Gasteiger partial charge in [0.2, 0.25) is 16.0 Å². The quantitative estimate of drug-likeness (QED) is 0.182. The van der Waals surface area contributed by atoms with E-state index in [0.717, 1.165) is 37.1 Å². The molecule has 2 aromatic carbocycles. The number of fused-ring (bicyclic) bond motifs is 1. The molecule has 1 unspecified atom stereocenters. The molecule has 13 heteroatoms. The van der Waals surface area contributed by atoms with E-state index in [1.807, 2.05) is 24.3 Å². The summed E-state index contributed by atoms with van der Waals surface area (Å²) < 4.78 is 27.6. The Balaban J connectivity index is 1.16. The second-order valence-corrected chi connectivity index (χ2v) is 11.2. The van der Waals surface area contributed by atoms with E-state index in [2.05, 4.69) is 35.2 Å². The number of piperidine rings is 1. The predicted octanol–water partition coefficient (Wildman–Crippen LogP) is 2.55. The van der Waals surface area contributed by atoms with Crippen LogP contribution in [0.4, 0.5) is 11.6 Å². The molecule has 1 amide bonds. The van der Waals surface area contributed by atoms with E-state index in [1.165, 1.54) is 12.1 Å². The molecule has 5 rings (SSSR count). The number of carbonyl (C=O) groups is 2. The van der Waals surface area contributed by atoms with Gasteiger partial charge in [0.1, 0.15) is 6.17 Å². The molecule has 3 heterocycles. The van der Waals surface area contributed by atoms with E-state index in [-0.39, 0.29) is 16.5 Å². The van der Waals surface area contributed by atoms with Gasteiger partial charge < -0.3 is 25.6 Å². The summed E-state index contributed by atoms with van der Waals surface area (Å²) in [5.74, 6) is -1.14. The fourth-order valence-corrected chi connectivity index (χ4v) is 5.77. The number of aliphatic carboxylic acids is 1. The van der Waals surface area contributed by atoms with Crippen molar-refractivity contribution >= 4 is 44.7 Å². The molecule has 1 aliphatic heterocycles. The van der Waals surface area contributed by atoms with E-state index in [4.69, 9.17) is 0 Å². The maximum absolute atomic E-state index is 12.9. The number of anilines is 2. The Morgan fingerprint density at radius 1 is 1.02 bits per heavy atom. The van der Waals surface area contributed by atoms with E-state index >= 15 is 0 Å². The Bertz CT molecular complexity index is 1550. The average molecular weight is 564 g/mol. The number of aromatic nitrogens is 3. The first-order chi connectivity index (χ1) is 19.3. The number of pyridine rings is 1. The van der Waals surface area contributed by atoms with Gasteiger partial charge in [-0.15, -0.1) is 0 Å². The summed E-state index contributed by atoms with van der Waals surface area (Å²) in [4.78, 5) is 38.3. The van der Waals surface area contributed by atoms with Crippen LogP contribution in [0.5, 0.6) is 0 Å². The number of aromatic amines is 1. The molecule has 0 aliphatic carbocycles. The van der Waals surface area contributed by atoms with Crippen LogP contribution in [0.3, 0.4) is 0 Å². The number of benzene rings is 2. The first-order valence-electron chi connectivity index (χ1n) is 12.8. The number of H-pyrrole nitrogens is 1. The van der Waals surface area contributed by atoms with Crippen LogP contribution >= 0.6 is 0 Å². The van der Waals surface area contributed by atoms with Crippen LogP contribution in [-0.2, 0) is 14.8 Å². The Kier molecular flexibility index (Phi) is 7.94. The first kappa shape index (κ1) is 27.1. The van der Waals surface area contributed by atoms with Crippen LogP contribution in [0, 0.1) is 0 Å². The van der Waals surface area contributed by atoms with Crippen molar-refractivity contribution in [3.8, 4) is 0 Å². The molecule has 0 spiro atoms. The van der Waals surface area contributed by atoms with Gasteiger partial charge in [0.15, 0.2) is 5.65 Å². The normalized spacial score (nSPS) is 15.1. The SMILES string of the molecule is O=C(O)CC(NC(=O)c1ccc(N2CCC(Nc3nc4ncccc4[nH]3)CC2)cc1)NS(=O)(=O)c1ccccc1. The number of hydrogen-bond acceptors (Lipinski definition) is 8. The third-order valence-electron chi connectivity index (χ3n) is 6.62. The van der Waals surface area contributed by atoms with Crippen LogP contribution in [0.15, 0.2) is 77.8 Å². The number of rotatable bonds is 10. The standard InChI is InChI=1S/C27H29N7O5S/c35-24(36)17-23(33-40(38,39)21-5-2-1-3-6-21)31-26(37)18-8-10-20(11-9-18)34-15-12-19(13-16-34)29-27-30-22-7-4-14-28-25(22)32-27/h1-11,14,19,23,33H,12-13,15-17H2,(H,31,37)(H,35,36)(H2,28,29,30,32). The van der Waals surface area contributed by atoms with Gasteiger partial charge in [-0.2, -0.15) is 9.71 Å². The number of imidazole rings is 1. The zero-order valence-electron chi connectivity index (χ0n) is 21.4. The Morgan fingerprint density at radius 3 is 2.42 bits per heavy atom. The first-order valence-corrected chi connectivity index (χ1v) is 14.3. The molecule has 4 aromatic rings. The number of carboxylic acids is 1. The molecule has 1 atom stereocenters. The van der Waals surface area contributed by atoms with Crippen LogP contribution < -0.4 is 20.3 Å². The maximum atomic E-state index is 12.9. The van der Waals surface area contributed by atoms with E-state index in [1.54, 1.807) is 36.5 Å². The monoisotopic (exact) mass is 563 g/mol. The fourth-order valence-electron chi connectivity index (χ4n) is 4.61. The Morgan fingerprint density at radius 2 is 1.75 bits per heavy atom. The Hall–Kier alpha value is -4.49.